The van der Waals surface area contributed by atoms with Gasteiger partial charge in [-0.25, -0.2) is 0 Å². The minimum absolute atomic E-state index is 0.140. The van der Waals surface area contributed by atoms with E-state index < -0.39 is 6.10 Å². The van der Waals surface area contributed by atoms with Crippen LogP contribution in [0.15, 0.2) is 45.5 Å². The number of thiophene rings is 1. The molecule has 140 valence electrons. The lowest BCUT2D eigenvalue weighted by Gasteiger charge is -2.14. The Morgan fingerprint density at radius 3 is 2.89 bits per heavy atom. The molecular weight excluding hydrogens is 366 g/mol. The van der Waals surface area contributed by atoms with E-state index in [9.17, 15) is 9.59 Å². The Bertz CT molecular complexity index is 921. The second kappa shape index (κ2) is 8.59. The maximum atomic E-state index is 12.1. The number of carbonyl (C=O) groups is 2. The number of carbonyl (C=O) groups excluding carboxylic acids is 2. The van der Waals surface area contributed by atoms with Crippen LogP contribution in [0.2, 0.25) is 0 Å². The van der Waals surface area contributed by atoms with E-state index in [1.165, 1.54) is 6.92 Å². The molecule has 0 fully saturated rings. The van der Waals surface area contributed by atoms with E-state index in [4.69, 9.17) is 9.15 Å². The minimum Gasteiger partial charge on any atom is -0.458 e. The number of ether oxygens (including phenoxy) is 1. The number of esters is 1. The molecule has 0 bridgehead atoms. The van der Waals surface area contributed by atoms with Crippen LogP contribution in [-0.4, -0.2) is 22.1 Å². The minimum atomic E-state index is -0.435. The number of benzene rings is 1. The van der Waals surface area contributed by atoms with Crippen LogP contribution in [0.1, 0.15) is 37.8 Å². The van der Waals surface area contributed by atoms with Gasteiger partial charge in [-0.1, -0.05) is 12.1 Å². The van der Waals surface area contributed by atoms with Crippen molar-refractivity contribution < 1.29 is 18.7 Å². The van der Waals surface area contributed by atoms with Crippen molar-refractivity contribution in [1.82, 2.24) is 10.2 Å². The number of nitrogens with zero attached hydrogens (tertiary/aromatic N) is 2. The molecule has 0 aliphatic heterocycles. The summed E-state index contributed by atoms with van der Waals surface area (Å²) in [6.45, 7) is 3.23. The molecule has 1 amide bonds. The quantitative estimate of drug-likeness (QED) is 0.618. The second-order valence-corrected chi connectivity index (χ2v) is 6.73. The van der Waals surface area contributed by atoms with Gasteiger partial charge in [0.1, 0.15) is 6.10 Å². The fourth-order valence-corrected chi connectivity index (χ4v) is 3.09. The number of hydrogen-bond acceptors (Lipinski definition) is 7. The van der Waals surface area contributed by atoms with Gasteiger partial charge in [0.2, 0.25) is 17.7 Å². The van der Waals surface area contributed by atoms with Crippen LogP contribution in [0.3, 0.4) is 0 Å². The van der Waals surface area contributed by atoms with E-state index in [-0.39, 0.29) is 18.3 Å². The summed E-state index contributed by atoms with van der Waals surface area (Å²) in [6, 6.07) is 9.10. The molecule has 0 aliphatic carbocycles. The SMILES string of the molecule is CC(=O)Nc1cccc(C(C)OC(=O)CCc2nnc(-c3ccsc3)o2)c1. The summed E-state index contributed by atoms with van der Waals surface area (Å²) in [5.74, 6) is 0.331. The zero-order valence-corrected chi connectivity index (χ0v) is 15.8. The van der Waals surface area contributed by atoms with Crippen molar-refractivity contribution in [1.29, 1.82) is 0 Å². The molecule has 3 rings (SSSR count). The number of anilines is 1. The lowest BCUT2D eigenvalue weighted by Crippen LogP contribution is -2.11. The third-order valence-electron chi connectivity index (χ3n) is 3.76. The third kappa shape index (κ3) is 5.24. The van der Waals surface area contributed by atoms with Gasteiger partial charge in [-0.3, -0.25) is 9.59 Å². The van der Waals surface area contributed by atoms with Crippen LogP contribution in [0.4, 0.5) is 5.69 Å². The average molecular weight is 385 g/mol. The van der Waals surface area contributed by atoms with Gasteiger partial charge in [0.05, 0.1) is 6.42 Å². The maximum Gasteiger partial charge on any atom is 0.306 e. The first-order chi connectivity index (χ1) is 13.0. The van der Waals surface area contributed by atoms with Gasteiger partial charge in [0.25, 0.3) is 0 Å². The van der Waals surface area contributed by atoms with Crippen LogP contribution in [0.5, 0.6) is 0 Å². The number of aryl methyl sites for hydroxylation is 1. The normalized spacial score (nSPS) is 11.8. The van der Waals surface area contributed by atoms with Crippen LogP contribution in [0, 0.1) is 0 Å². The summed E-state index contributed by atoms with van der Waals surface area (Å²) in [7, 11) is 0. The fourth-order valence-electron chi connectivity index (χ4n) is 2.46. The first kappa shape index (κ1) is 18.8. The molecule has 0 radical (unpaired) electrons. The lowest BCUT2D eigenvalue weighted by atomic mass is 10.1. The summed E-state index contributed by atoms with van der Waals surface area (Å²) in [5.41, 5.74) is 2.33. The fraction of sp³-hybridized carbons (Fsp3) is 0.263. The predicted octanol–water partition coefficient (Wildman–Crippen LogP) is 3.99. The second-order valence-electron chi connectivity index (χ2n) is 5.95. The average Bonchev–Trinajstić information content (AvgIpc) is 3.31. The monoisotopic (exact) mass is 385 g/mol. The molecule has 0 spiro atoms. The first-order valence-corrected chi connectivity index (χ1v) is 9.37. The van der Waals surface area contributed by atoms with E-state index in [2.05, 4.69) is 15.5 Å². The zero-order chi connectivity index (χ0) is 19.2. The predicted molar refractivity (Wildman–Crippen MR) is 101 cm³/mol. The molecule has 7 nitrogen and oxygen atoms in total. The van der Waals surface area contributed by atoms with E-state index in [0.29, 0.717) is 23.9 Å². The van der Waals surface area contributed by atoms with Crippen LogP contribution in [-0.2, 0) is 20.7 Å². The van der Waals surface area contributed by atoms with Gasteiger partial charge >= 0.3 is 5.97 Å². The van der Waals surface area contributed by atoms with Crippen molar-refractivity contribution in [2.45, 2.75) is 32.8 Å². The summed E-state index contributed by atoms with van der Waals surface area (Å²) in [6.07, 6.45) is 0.0190. The Labute approximate surface area is 160 Å². The largest absolute Gasteiger partial charge is 0.458 e. The summed E-state index contributed by atoms with van der Waals surface area (Å²) < 4.78 is 11.0. The molecule has 1 unspecified atom stereocenters. The Kier molecular flexibility index (Phi) is 5.97. The van der Waals surface area contributed by atoms with Crippen molar-refractivity contribution in [3.05, 3.63) is 52.5 Å². The highest BCUT2D eigenvalue weighted by molar-refractivity contribution is 7.08. The molecule has 0 aliphatic rings. The Morgan fingerprint density at radius 2 is 2.15 bits per heavy atom. The standard InChI is InChI=1S/C19H19N3O4S/c1-12(14-4-3-5-16(10-14)20-13(2)23)25-18(24)7-6-17-21-22-19(26-17)15-8-9-27-11-15/h3-5,8-12H,6-7H2,1-2H3,(H,20,23). The van der Waals surface area contributed by atoms with Crippen LogP contribution >= 0.6 is 11.3 Å². The van der Waals surface area contributed by atoms with Gasteiger partial charge in [0.15, 0.2) is 0 Å². The van der Waals surface area contributed by atoms with Crippen molar-refractivity contribution in [2.24, 2.45) is 0 Å². The molecule has 8 heteroatoms. The number of rotatable bonds is 7. The molecule has 2 heterocycles. The smallest absolute Gasteiger partial charge is 0.306 e. The number of nitrogens with one attached hydrogen (secondary N) is 1. The van der Waals surface area contributed by atoms with E-state index in [0.717, 1.165) is 11.1 Å². The summed E-state index contributed by atoms with van der Waals surface area (Å²) in [5, 5.41) is 14.5. The van der Waals surface area contributed by atoms with Crippen molar-refractivity contribution in [3.63, 3.8) is 0 Å². The Balaban J connectivity index is 1.52. The molecule has 0 saturated carbocycles. The van der Waals surface area contributed by atoms with Gasteiger partial charge in [-0.2, -0.15) is 11.3 Å². The Hall–Kier alpha value is -3.00. The molecular formula is C19H19N3O4S. The van der Waals surface area contributed by atoms with Crippen molar-refractivity contribution in [3.8, 4) is 11.5 Å². The summed E-state index contributed by atoms with van der Waals surface area (Å²) in [4.78, 5) is 23.3. The highest BCUT2D eigenvalue weighted by Crippen LogP contribution is 2.23. The zero-order valence-electron chi connectivity index (χ0n) is 15.0. The lowest BCUT2D eigenvalue weighted by molar-refractivity contribution is -0.148. The van der Waals surface area contributed by atoms with E-state index in [1.54, 1.807) is 36.5 Å². The van der Waals surface area contributed by atoms with E-state index >= 15 is 0 Å². The highest BCUT2D eigenvalue weighted by atomic mass is 32.1. The first-order valence-electron chi connectivity index (χ1n) is 8.43. The number of hydrogen-bond donors (Lipinski definition) is 1. The highest BCUT2D eigenvalue weighted by Gasteiger charge is 2.15. The summed E-state index contributed by atoms with van der Waals surface area (Å²) >= 11 is 1.55. The third-order valence-corrected chi connectivity index (χ3v) is 4.45. The molecule has 1 atom stereocenters. The molecule has 1 N–H and O–H groups in total. The van der Waals surface area contributed by atoms with E-state index in [1.807, 2.05) is 22.9 Å². The molecule has 27 heavy (non-hydrogen) atoms. The number of amides is 1. The molecule has 1 aromatic carbocycles. The van der Waals surface area contributed by atoms with Gasteiger partial charge in [-0.15, -0.1) is 10.2 Å². The van der Waals surface area contributed by atoms with Gasteiger partial charge in [-0.05, 0) is 36.1 Å². The topological polar surface area (TPSA) is 94.3 Å². The molecule has 2 aromatic heterocycles. The van der Waals surface area contributed by atoms with Crippen molar-refractivity contribution in [2.75, 3.05) is 5.32 Å². The molecule has 0 saturated heterocycles. The van der Waals surface area contributed by atoms with Crippen molar-refractivity contribution >= 4 is 28.9 Å². The van der Waals surface area contributed by atoms with Crippen LogP contribution < -0.4 is 5.32 Å². The maximum absolute atomic E-state index is 12.1. The number of aromatic nitrogens is 2. The Morgan fingerprint density at radius 1 is 1.30 bits per heavy atom. The van der Waals surface area contributed by atoms with Gasteiger partial charge in [0, 0.05) is 30.0 Å². The molecule has 3 aromatic rings. The van der Waals surface area contributed by atoms with Crippen LogP contribution in [0.25, 0.3) is 11.5 Å². The van der Waals surface area contributed by atoms with Gasteiger partial charge < -0.3 is 14.5 Å².